The van der Waals surface area contributed by atoms with Gasteiger partial charge < -0.3 is 9.45 Å². The van der Waals surface area contributed by atoms with Gasteiger partial charge in [0.15, 0.2) is 0 Å². The number of aryl methyl sites for hydroxylation is 1. The lowest BCUT2D eigenvalue weighted by Gasteiger charge is -2.33. The molecule has 2 atom stereocenters. The highest BCUT2D eigenvalue weighted by atomic mass is 32.2. The summed E-state index contributed by atoms with van der Waals surface area (Å²) in [5.74, 6) is -0.104. The van der Waals surface area contributed by atoms with Gasteiger partial charge in [-0.15, -0.1) is 0 Å². The first-order valence-corrected chi connectivity index (χ1v) is 7.81. The molecule has 5 heteroatoms. The van der Waals surface area contributed by atoms with Gasteiger partial charge in [0.25, 0.3) is 0 Å². The molecule has 1 heterocycles. The van der Waals surface area contributed by atoms with Crippen molar-refractivity contribution in [1.82, 2.24) is 4.90 Å². The van der Waals surface area contributed by atoms with Gasteiger partial charge in [0.2, 0.25) is 5.91 Å². The smallest absolute Gasteiger partial charge is 0.223 e. The van der Waals surface area contributed by atoms with Crippen LogP contribution in [0, 0.1) is 12.8 Å². The van der Waals surface area contributed by atoms with Gasteiger partial charge in [0.05, 0.1) is 0 Å². The second-order valence-corrected chi connectivity index (χ2v) is 7.52. The zero-order valence-corrected chi connectivity index (χ0v) is 12.9. The van der Waals surface area contributed by atoms with Crippen LogP contribution in [0.15, 0.2) is 24.3 Å². The Morgan fingerprint density at radius 2 is 1.95 bits per heavy atom. The molecule has 0 aromatic heterocycles. The van der Waals surface area contributed by atoms with E-state index >= 15 is 0 Å². The Labute approximate surface area is 122 Å². The number of rotatable bonds is 4. The number of nitrogens with zero attached hydrogens (tertiary/aromatic N) is 1. The van der Waals surface area contributed by atoms with Crippen LogP contribution >= 0.6 is 0 Å². The monoisotopic (exact) mass is 294 g/mol. The van der Waals surface area contributed by atoms with Crippen LogP contribution in [0.4, 0.5) is 0 Å². The number of likely N-dealkylation sites (tertiary alicyclic amines) is 1. The summed E-state index contributed by atoms with van der Waals surface area (Å²) in [6.07, 6.45) is 0.312. The Kier molecular flexibility index (Phi) is 4.30. The SMILES string of the molecule is Cc1ccc(CN2C[C@@H](C(C)(C)S(=O)[O-])CC2=O)cc1. The van der Waals surface area contributed by atoms with Gasteiger partial charge in [0.1, 0.15) is 0 Å². The first-order chi connectivity index (χ1) is 9.30. The van der Waals surface area contributed by atoms with E-state index in [9.17, 15) is 13.6 Å². The van der Waals surface area contributed by atoms with Crippen molar-refractivity contribution in [3.63, 3.8) is 0 Å². The Hall–Kier alpha value is -1.20. The fourth-order valence-electron chi connectivity index (χ4n) is 2.44. The molecule has 0 aliphatic carbocycles. The molecule has 1 amide bonds. The number of benzene rings is 1. The van der Waals surface area contributed by atoms with Gasteiger partial charge >= 0.3 is 0 Å². The third-order valence-corrected chi connectivity index (χ3v) is 5.31. The highest BCUT2D eigenvalue weighted by Gasteiger charge is 2.40. The Balaban J connectivity index is 2.06. The fraction of sp³-hybridized carbons (Fsp3) is 0.533. The minimum atomic E-state index is -2.17. The van der Waals surface area contributed by atoms with Gasteiger partial charge in [0, 0.05) is 30.2 Å². The first-order valence-electron chi connectivity index (χ1n) is 6.73. The van der Waals surface area contributed by atoms with E-state index in [2.05, 4.69) is 0 Å². The van der Waals surface area contributed by atoms with Crippen LogP contribution in [0.1, 0.15) is 31.4 Å². The lowest BCUT2D eigenvalue weighted by Crippen LogP contribution is -2.37. The molecule has 110 valence electrons. The van der Waals surface area contributed by atoms with Crippen molar-refractivity contribution >= 4 is 17.0 Å². The summed E-state index contributed by atoms with van der Waals surface area (Å²) in [6.45, 7) is 6.45. The largest absolute Gasteiger partial charge is 0.772 e. The Morgan fingerprint density at radius 3 is 2.50 bits per heavy atom. The van der Waals surface area contributed by atoms with Crippen LogP contribution in [0.3, 0.4) is 0 Å². The molecule has 0 bridgehead atoms. The molecule has 4 nitrogen and oxygen atoms in total. The zero-order chi connectivity index (χ0) is 14.9. The maximum Gasteiger partial charge on any atom is 0.223 e. The third kappa shape index (κ3) is 3.10. The van der Waals surface area contributed by atoms with Gasteiger partial charge in [-0.1, -0.05) is 29.8 Å². The highest BCUT2D eigenvalue weighted by Crippen LogP contribution is 2.32. The lowest BCUT2D eigenvalue weighted by molar-refractivity contribution is -0.128. The lowest BCUT2D eigenvalue weighted by atomic mass is 9.94. The van der Waals surface area contributed by atoms with Gasteiger partial charge in [-0.25, -0.2) is 0 Å². The molecule has 1 saturated heterocycles. The second-order valence-electron chi connectivity index (χ2n) is 6.00. The number of carbonyl (C=O) groups is 1. The van der Waals surface area contributed by atoms with Crippen LogP contribution in [0.25, 0.3) is 0 Å². The number of hydrogen-bond donors (Lipinski definition) is 0. The predicted molar refractivity (Wildman–Crippen MR) is 77.7 cm³/mol. The fourth-order valence-corrected chi connectivity index (χ4v) is 2.87. The maximum atomic E-state index is 12.1. The standard InChI is InChI=1S/C15H21NO3S/c1-11-4-6-12(7-5-11)9-16-10-13(8-14(16)17)15(2,3)20(18)19/h4-7,13H,8-10H2,1-3H3,(H,18,19)/p-1/t13-/m0/s1. The molecule has 0 N–H and O–H groups in total. The van der Waals surface area contributed by atoms with Crippen LogP contribution in [-0.4, -0.2) is 30.9 Å². The summed E-state index contributed by atoms with van der Waals surface area (Å²) < 4.78 is 21.7. The molecule has 0 radical (unpaired) electrons. The molecule has 20 heavy (non-hydrogen) atoms. The van der Waals surface area contributed by atoms with Gasteiger partial charge in [-0.05, 0) is 37.4 Å². The molecule has 1 aromatic rings. The van der Waals surface area contributed by atoms with E-state index < -0.39 is 15.8 Å². The molecule has 1 fully saturated rings. The van der Waals surface area contributed by atoms with Crippen molar-refractivity contribution in [3.05, 3.63) is 35.4 Å². The van der Waals surface area contributed by atoms with Gasteiger partial charge in [-0.2, -0.15) is 0 Å². The second kappa shape index (κ2) is 5.66. The molecule has 0 spiro atoms. The van der Waals surface area contributed by atoms with Crippen molar-refractivity contribution in [2.75, 3.05) is 6.54 Å². The van der Waals surface area contributed by atoms with Gasteiger partial charge in [-0.3, -0.25) is 9.00 Å². The first kappa shape index (κ1) is 15.2. The maximum absolute atomic E-state index is 12.1. The molecule has 1 aromatic carbocycles. The highest BCUT2D eigenvalue weighted by molar-refractivity contribution is 7.80. The van der Waals surface area contributed by atoms with Crippen molar-refractivity contribution in [3.8, 4) is 0 Å². The number of amides is 1. The summed E-state index contributed by atoms with van der Waals surface area (Å²) in [6, 6.07) is 8.05. The van der Waals surface area contributed by atoms with E-state index in [1.807, 2.05) is 31.2 Å². The molecule has 0 saturated carbocycles. The Morgan fingerprint density at radius 1 is 1.35 bits per heavy atom. The molecule has 1 aliphatic rings. The third-order valence-electron chi connectivity index (χ3n) is 4.12. The summed E-state index contributed by atoms with van der Waals surface area (Å²) in [4.78, 5) is 13.8. The molecule has 2 rings (SSSR count). The van der Waals surface area contributed by atoms with E-state index in [1.165, 1.54) is 5.56 Å². The van der Waals surface area contributed by atoms with Crippen molar-refractivity contribution in [2.24, 2.45) is 5.92 Å². The Bertz CT molecular complexity index is 524. The van der Waals surface area contributed by atoms with Crippen LogP contribution in [0.5, 0.6) is 0 Å². The van der Waals surface area contributed by atoms with E-state index in [0.29, 0.717) is 19.5 Å². The van der Waals surface area contributed by atoms with Crippen LogP contribution in [-0.2, 0) is 22.4 Å². The van der Waals surface area contributed by atoms with Crippen LogP contribution in [0.2, 0.25) is 0 Å². The van der Waals surface area contributed by atoms with Crippen molar-refractivity contribution < 1.29 is 13.6 Å². The van der Waals surface area contributed by atoms with E-state index in [1.54, 1.807) is 18.7 Å². The average molecular weight is 294 g/mol. The normalized spacial score (nSPS) is 21.3. The molecule has 1 unspecified atom stereocenters. The minimum Gasteiger partial charge on any atom is -0.772 e. The minimum absolute atomic E-state index is 0.0362. The van der Waals surface area contributed by atoms with E-state index in [4.69, 9.17) is 0 Å². The van der Waals surface area contributed by atoms with Crippen molar-refractivity contribution in [1.29, 1.82) is 0 Å². The summed E-state index contributed by atoms with van der Waals surface area (Å²) in [5, 5.41) is 0. The predicted octanol–water partition coefficient (Wildman–Crippen LogP) is 2.00. The summed E-state index contributed by atoms with van der Waals surface area (Å²) in [7, 11) is 0. The molecular weight excluding hydrogens is 274 g/mol. The topological polar surface area (TPSA) is 60.4 Å². The summed E-state index contributed by atoms with van der Waals surface area (Å²) >= 11 is -2.17. The summed E-state index contributed by atoms with van der Waals surface area (Å²) in [5.41, 5.74) is 2.26. The molecule has 1 aliphatic heterocycles. The molecular formula is C15H20NO3S-. The van der Waals surface area contributed by atoms with E-state index in [-0.39, 0.29) is 11.8 Å². The zero-order valence-electron chi connectivity index (χ0n) is 12.1. The van der Waals surface area contributed by atoms with Crippen molar-refractivity contribution in [2.45, 2.75) is 38.5 Å². The average Bonchev–Trinajstić information content (AvgIpc) is 2.74. The van der Waals surface area contributed by atoms with E-state index in [0.717, 1.165) is 5.56 Å². The number of carbonyl (C=O) groups excluding carboxylic acids is 1. The quantitative estimate of drug-likeness (QED) is 0.798. The van der Waals surface area contributed by atoms with Crippen LogP contribution < -0.4 is 0 Å². The number of hydrogen-bond acceptors (Lipinski definition) is 3.